The summed E-state index contributed by atoms with van der Waals surface area (Å²) in [5.74, 6) is 1.89. The van der Waals surface area contributed by atoms with Gasteiger partial charge in [-0.05, 0) is 33.2 Å². The van der Waals surface area contributed by atoms with Crippen molar-refractivity contribution < 1.29 is 9.47 Å². The summed E-state index contributed by atoms with van der Waals surface area (Å²) < 4.78 is 11.9. The SMILES string of the molecule is CC1Cc2c(CCCN)c3c(c(Cl)c2O1)CC(C)O3. The molecule has 1 aromatic carbocycles. The van der Waals surface area contributed by atoms with Crippen LogP contribution in [0.1, 0.15) is 37.0 Å². The standard InChI is InChI=1S/C15H20ClNO2/c1-8-6-11-10(4-3-5-17)14-12(7-9(2)18-14)13(16)15(11)19-8/h8-9H,3-7,17H2,1-2H3. The van der Waals surface area contributed by atoms with Gasteiger partial charge in [-0.25, -0.2) is 0 Å². The number of rotatable bonds is 3. The number of hydrogen-bond acceptors (Lipinski definition) is 3. The van der Waals surface area contributed by atoms with Crippen molar-refractivity contribution in [3.8, 4) is 11.5 Å². The highest BCUT2D eigenvalue weighted by atomic mass is 35.5. The number of fused-ring (bicyclic) bond motifs is 2. The van der Waals surface area contributed by atoms with Gasteiger partial charge in [-0.2, -0.15) is 0 Å². The normalized spacial score (nSPS) is 23.8. The monoisotopic (exact) mass is 281 g/mol. The number of hydrogen-bond donors (Lipinski definition) is 1. The third-order valence-electron chi connectivity index (χ3n) is 3.90. The quantitative estimate of drug-likeness (QED) is 0.926. The van der Waals surface area contributed by atoms with Gasteiger partial charge in [0.2, 0.25) is 0 Å². The lowest BCUT2D eigenvalue weighted by Crippen LogP contribution is -2.08. The maximum Gasteiger partial charge on any atom is 0.142 e. The van der Waals surface area contributed by atoms with E-state index in [1.165, 1.54) is 11.1 Å². The molecule has 0 spiro atoms. The molecular weight excluding hydrogens is 262 g/mol. The van der Waals surface area contributed by atoms with Gasteiger partial charge in [0.15, 0.2) is 0 Å². The van der Waals surface area contributed by atoms with Crippen LogP contribution in [0.15, 0.2) is 0 Å². The maximum absolute atomic E-state index is 6.51. The highest BCUT2D eigenvalue weighted by Gasteiger charge is 2.34. The number of benzene rings is 1. The smallest absolute Gasteiger partial charge is 0.142 e. The molecule has 4 heteroatoms. The molecule has 2 aliphatic heterocycles. The van der Waals surface area contributed by atoms with Crippen molar-refractivity contribution in [1.82, 2.24) is 0 Å². The average molecular weight is 282 g/mol. The van der Waals surface area contributed by atoms with Gasteiger partial charge in [-0.15, -0.1) is 0 Å². The van der Waals surface area contributed by atoms with Crippen LogP contribution in [0.3, 0.4) is 0 Å². The van der Waals surface area contributed by atoms with E-state index in [1.807, 2.05) is 0 Å². The third-order valence-corrected chi connectivity index (χ3v) is 4.30. The Morgan fingerprint density at radius 3 is 2.42 bits per heavy atom. The van der Waals surface area contributed by atoms with E-state index in [0.29, 0.717) is 6.54 Å². The molecule has 104 valence electrons. The predicted molar refractivity (Wildman–Crippen MR) is 76.4 cm³/mol. The van der Waals surface area contributed by atoms with Gasteiger partial charge < -0.3 is 15.2 Å². The molecule has 0 aromatic heterocycles. The topological polar surface area (TPSA) is 44.5 Å². The van der Waals surface area contributed by atoms with Gasteiger partial charge >= 0.3 is 0 Å². The first-order valence-electron chi connectivity index (χ1n) is 7.01. The molecule has 2 N–H and O–H groups in total. The molecule has 2 heterocycles. The van der Waals surface area contributed by atoms with Crippen LogP contribution in [0.2, 0.25) is 5.02 Å². The van der Waals surface area contributed by atoms with Crippen molar-refractivity contribution in [2.75, 3.05) is 6.54 Å². The highest BCUT2D eigenvalue weighted by molar-refractivity contribution is 6.33. The van der Waals surface area contributed by atoms with Gasteiger partial charge in [0.05, 0.1) is 5.02 Å². The summed E-state index contributed by atoms with van der Waals surface area (Å²) in [6.07, 6.45) is 4.09. The van der Waals surface area contributed by atoms with Crippen LogP contribution in [0.4, 0.5) is 0 Å². The largest absolute Gasteiger partial charge is 0.490 e. The zero-order valence-electron chi connectivity index (χ0n) is 11.5. The lowest BCUT2D eigenvalue weighted by atomic mass is 9.95. The van der Waals surface area contributed by atoms with E-state index >= 15 is 0 Å². The first-order chi connectivity index (χ1) is 9.11. The Kier molecular flexibility index (Phi) is 3.35. The number of nitrogens with two attached hydrogens (primary N) is 1. The Balaban J connectivity index is 2.12. The van der Waals surface area contributed by atoms with Crippen molar-refractivity contribution in [2.45, 2.75) is 51.7 Å². The predicted octanol–water partition coefficient (Wildman–Crippen LogP) is 2.88. The van der Waals surface area contributed by atoms with Gasteiger partial charge in [0.1, 0.15) is 23.7 Å². The van der Waals surface area contributed by atoms with Crippen LogP contribution in [-0.2, 0) is 19.3 Å². The van der Waals surface area contributed by atoms with Crippen LogP contribution in [0.5, 0.6) is 11.5 Å². The second-order valence-electron chi connectivity index (χ2n) is 5.57. The fourth-order valence-corrected chi connectivity index (χ4v) is 3.41. The van der Waals surface area contributed by atoms with Crippen molar-refractivity contribution in [3.05, 3.63) is 21.7 Å². The second kappa shape index (κ2) is 4.88. The molecule has 0 bridgehead atoms. The first kappa shape index (κ1) is 13.1. The second-order valence-corrected chi connectivity index (χ2v) is 5.94. The Morgan fingerprint density at radius 1 is 1.11 bits per heavy atom. The molecule has 0 saturated heterocycles. The molecule has 3 nitrogen and oxygen atoms in total. The molecule has 0 aliphatic carbocycles. The minimum absolute atomic E-state index is 0.198. The minimum atomic E-state index is 0.198. The summed E-state index contributed by atoms with van der Waals surface area (Å²) in [5.41, 5.74) is 9.28. The molecule has 0 radical (unpaired) electrons. The van der Waals surface area contributed by atoms with Crippen LogP contribution >= 0.6 is 11.6 Å². The summed E-state index contributed by atoms with van der Waals surface area (Å²) in [6, 6.07) is 0. The Labute approximate surface area is 119 Å². The number of halogens is 1. The van der Waals surface area contributed by atoms with Gasteiger partial charge in [-0.1, -0.05) is 11.6 Å². The lowest BCUT2D eigenvalue weighted by molar-refractivity contribution is 0.252. The third kappa shape index (κ3) is 2.09. The number of ether oxygens (including phenoxy) is 2. The summed E-state index contributed by atoms with van der Waals surface area (Å²) in [4.78, 5) is 0. The van der Waals surface area contributed by atoms with Crippen LogP contribution in [0.25, 0.3) is 0 Å². The summed E-state index contributed by atoms with van der Waals surface area (Å²) in [5, 5.41) is 0.759. The van der Waals surface area contributed by atoms with E-state index in [1.54, 1.807) is 0 Å². The molecular formula is C15H20ClNO2. The molecule has 2 unspecified atom stereocenters. The van der Waals surface area contributed by atoms with E-state index in [-0.39, 0.29) is 12.2 Å². The van der Waals surface area contributed by atoms with Crippen LogP contribution in [0, 0.1) is 0 Å². The van der Waals surface area contributed by atoms with Crippen molar-refractivity contribution in [2.24, 2.45) is 5.73 Å². The van der Waals surface area contributed by atoms with Gasteiger partial charge in [0, 0.05) is 29.5 Å². The average Bonchev–Trinajstić information content (AvgIpc) is 2.93. The molecule has 1 aromatic rings. The molecule has 19 heavy (non-hydrogen) atoms. The van der Waals surface area contributed by atoms with Crippen LogP contribution < -0.4 is 15.2 Å². The van der Waals surface area contributed by atoms with Crippen molar-refractivity contribution in [1.29, 1.82) is 0 Å². The lowest BCUT2D eigenvalue weighted by Gasteiger charge is -2.14. The molecule has 3 rings (SSSR count). The molecule has 2 aliphatic rings. The van der Waals surface area contributed by atoms with Gasteiger partial charge in [-0.3, -0.25) is 0 Å². The summed E-state index contributed by atoms with van der Waals surface area (Å²) in [7, 11) is 0. The zero-order chi connectivity index (χ0) is 13.6. The Bertz CT molecular complexity index is 476. The van der Waals surface area contributed by atoms with Crippen LogP contribution in [-0.4, -0.2) is 18.8 Å². The fraction of sp³-hybridized carbons (Fsp3) is 0.600. The Morgan fingerprint density at radius 2 is 1.74 bits per heavy atom. The molecule has 0 saturated carbocycles. The molecule has 0 amide bonds. The molecule has 2 atom stereocenters. The Hall–Kier alpha value is -0.930. The molecule has 0 fully saturated rings. The van der Waals surface area contributed by atoms with E-state index < -0.39 is 0 Å². The fourth-order valence-electron chi connectivity index (χ4n) is 3.09. The minimum Gasteiger partial charge on any atom is -0.490 e. The van der Waals surface area contributed by atoms with E-state index in [4.69, 9.17) is 26.8 Å². The van der Waals surface area contributed by atoms with Crippen molar-refractivity contribution in [3.63, 3.8) is 0 Å². The summed E-state index contributed by atoms with van der Waals surface area (Å²) in [6.45, 7) is 4.85. The maximum atomic E-state index is 6.51. The van der Waals surface area contributed by atoms with E-state index in [0.717, 1.165) is 47.8 Å². The highest BCUT2D eigenvalue weighted by Crippen LogP contribution is 2.49. The van der Waals surface area contributed by atoms with E-state index in [9.17, 15) is 0 Å². The summed E-state index contributed by atoms with van der Waals surface area (Å²) >= 11 is 6.51. The van der Waals surface area contributed by atoms with Crippen molar-refractivity contribution >= 4 is 11.6 Å². The van der Waals surface area contributed by atoms with E-state index in [2.05, 4.69) is 13.8 Å². The zero-order valence-corrected chi connectivity index (χ0v) is 12.2. The van der Waals surface area contributed by atoms with Gasteiger partial charge in [0.25, 0.3) is 0 Å². The first-order valence-corrected chi connectivity index (χ1v) is 7.39.